The second-order valence-corrected chi connectivity index (χ2v) is 11.2. The molecule has 0 spiro atoms. The van der Waals surface area contributed by atoms with E-state index < -0.39 is 0 Å². The van der Waals surface area contributed by atoms with E-state index in [-0.39, 0.29) is 17.6 Å². The molecule has 0 radical (unpaired) electrons. The lowest BCUT2D eigenvalue weighted by molar-refractivity contribution is -0.121. The van der Waals surface area contributed by atoms with Crippen LogP contribution in [0.1, 0.15) is 24.1 Å². The standard InChI is InChI=1S/C35H32N6O2/c1-23-19-32-36-21-28-20-29(25-7-3-2-4-8-25)33(38-34(28)41(32)39-23)26-13-11-24(12-14-26)22-40-17-15-27(16-18-40)35(43)37-30-9-5-6-10-31(30)42/h2-14,19-21,27,42H,15-18,22H2,1H3,(H,37,43). The summed E-state index contributed by atoms with van der Waals surface area (Å²) in [6.45, 7) is 4.48. The fourth-order valence-corrected chi connectivity index (χ4v) is 5.90. The molecule has 3 aromatic carbocycles. The molecule has 7 rings (SSSR count). The zero-order chi connectivity index (χ0) is 29.3. The number of carbonyl (C=O) groups excluding carboxylic acids is 1. The van der Waals surface area contributed by atoms with Gasteiger partial charge in [-0.05, 0) is 62.2 Å². The molecule has 0 atom stereocenters. The maximum absolute atomic E-state index is 12.8. The Morgan fingerprint density at radius 2 is 1.67 bits per heavy atom. The number of fused-ring (bicyclic) bond motifs is 3. The molecule has 0 aliphatic carbocycles. The number of phenols is 1. The van der Waals surface area contributed by atoms with Crippen molar-refractivity contribution in [3.8, 4) is 28.1 Å². The van der Waals surface area contributed by atoms with E-state index in [1.807, 2.05) is 41.9 Å². The Labute approximate surface area is 249 Å². The summed E-state index contributed by atoms with van der Waals surface area (Å²) in [4.78, 5) is 24.9. The minimum absolute atomic E-state index is 0.0269. The summed E-state index contributed by atoms with van der Waals surface area (Å²) in [6.07, 6.45) is 3.45. The summed E-state index contributed by atoms with van der Waals surface area (Å²) in [5.41, 5.74) is 8.25. The van der Waals surface area contributed by atoms with Gasteiger partial charge in [0, 0.05) is 41.2 Å². The minimum Gasteiger partial charge on any atom is -0.506 e. The van der Waals surface area contributed by atoms with Crippen molar-refractivity contribution in [3.05, 3.63) is 108 Å². The van der Waals surface area contributed by atoms with Gasteiger partial charge in [0.2, 0.25) is 5.91 Å². The second-order valence-electron chi connectivity index (χ2n) is 11.2. The molecule has 1 fully saturated rings. The van der Waals surface area contributed by atoms with Crippen LogP contribution in [0.5, 0.6) is 5.75 Å². The Bertz CT molecular complexity index is 1930. The third kappa shape index (κ3) is 5.45. The quantitative estimate of drug-likeness (QED) is 0.224. The highest BCUT2D eigenvalue weighted by Gasteiger charge is 2.25. The van der Waals surface area contributed by atoms with Crippen molar-refractivity contribution in [1.82, 2.24) is 24.5 Å². The number of likely N-dealkylation sites (tertiary alicyclic amines) is 1. The maximum Gasteiger partial charge on any atom is 0.227 e. The number of para-hydroxylation sites is 2. The number of aromatic hydroxyl groups is 1. The first kappa shape index (κ1) is 26.8. The van der Waals surface area contributed by atoms with Crippen molar-refractivity contribution >= 4 is 28.3 Å². The number of carbonyl (C=O) groups is 1. The van der Waals surface area contributed by atoms with Crippen molar-refractivity contribution in [2.45, 2.75) is 26.3 Å². The Morgan fingerprint density at radius 3 is 2.44 bits per heavy atom. The molecule has 214 valence electrons. The Kier molecular flexibility index (Phi) is 7.04. The van der Waals surface area contributed by atoms with Crippen LogP contribution in [0, 0.1) is 12.8 Å². The highest BCUT2D eigenvalue weighted by Crippen LogP contribution is 2.34. The molecule has 6 aromatic rings. The number of piperidine rings is 1. The number of anilines is 1. The summed E-state index contributed by atoms with van der Waals surface area (Å²) < 4.78 is 1.82. The molecule has 1 aliphatic rings. The molecule has 0 bridgehead atoms. The minimum atomic E-state index is -0.0612. The molecule has 8 heteroatoms. The van der Waals surface area contributed by atoms with Crippen LogP contribution in [0.25, 0.3) is 39.1 Å². The summed E-state index contributed by atoms with van der Waals surface area (Å²) in [5.74, 6) is 0.00286. The summed E-state index contributed by atoms with van der Waals surface area (Å²) in [6, 6.07) is 29.9. The van der Waals surface area contributed by atoms with Gasteiger partial charge in [-0.3, -0.25) is 9.69 Å². The van der Waals surface area contributed by atoms with E-state index in [2.05, 4.69) is 62.8 Å². The number of aromatic nitrogens is 4. The van der Waals surface area contributed by atoms with E-state index in [0.29, 0.717) is 5.69 Å². The molecule has 43 heavy (non-hydrogen) atoms. The van der Waals surface area contributed by atoms with Gasteiger partial charge in [0.05, 0.1) is 17.1 Å². The van der Waals surface area contributed by atoms with Crippen LogP contribution in [0.4, 0.5) is 5.69 Å². The lowest BCUT2D eigenvalue weighted by atomic mass is 9.95. The van der Waals surface area contributed by atoms with Crippen molar-refractivity contribution in [2.24, 2.45) is 5.92 Å². The summed E-state index contributed by atoms with van der Waals surface area (Å²) in [7, 11) is 0. The van der Waals surface area contributed by atoms with Gasteiger partial charge in [-0.25, -0.2) is 9.97 Å². The third-order valence-corrected chi connectivity index (χ3v) is 8.22. The second kappa shape index (κ2) is 11.3. The molecule has 0 unspecified atom stereocenters. The van der Waals surface area contributed by atoms with E-state index >= 15 is 0 Å². The van der Waals surface area contributed by atoms with Gasteiger partial charge in [-0.1, -0.05) is 66.7 Å². The number of rotatable bonds is 6. The van der Waals surface area contributed by atoms with Crippen LogP contribution in [-0.2, 0) is 11.3 Å². The van der Waals surface area contributed by atoms with E-state index in [0.717, 1.165) is 77.2 Å². The number of hydrogen-bond acceptors (Lipinski definition) is 6. The largest absolute Gasteiger partial charge is 0.506 e. The molecule has 1 saturated heterocycles. The van der Waals surface area contributed by atoms with Crippen LogP contribution >= 0.6 is 0 Å². The maximum atomic E-state index is 12.8. The van der Waals surface area contributed by atoms with Crippen LogP contribution < -0.4 is 5.32 Å². The third-order valence-electron chi connectivity index (χ3n) is 8.22. The first-order valence-corrected chi connectivity index (χ1v) is 14.6. The summed E-state index contributed by atoms with van der Waals surface area (Å²) in [5, 5.41) is 18.5. The number of aryl methyl sites for hydroxylation is 1. The summed E-state index contributed by atoms with van der Waals surface area (Å²) >= 11 is 0. The number of nitrogens with zero attached hydrogens (tertiary/aromatic N) is 5. The molecule has 2 N–H and O–H groups in total. The zero-order valence-electron chi connectivity index (χ0n) is 23.9. The van der Waals surface area contributed by atoms with E-state index in [1.165, 1.54) is 5.56 Å². The van der Waals surface area contributed by atoms with Crippen molar-refractivity contribution in [1.29, 1.82) is 0 Å². The molecule has 1 amide bonds. The monoisotopic (exact) mass is 568 g/mol. The lowest BCUT2D eigenvalue weighted by Crippen LogP contribution is -2.37. The van der Waals surface area contributed by atoms with E-state index in [1.54, 1.807) is 24.3 Å². The Hall–Kier alpha value is -5.08. The lowest BCUT2D eigenvalue weighted by Gasteiger charge is -2.31. The highest BCUT2D eigenvalue weighted by atomic mass is 16.3. The van der Waals surface area contributed by atoms with Crippen LogP contribution in [0.15, 0.2) is 97.2 Å². The Balaban J connectivity index is 1.10. The molecule has 4 heterocycles. The normalized spacial score (nSPS) is 14.3. The predicted octanol–water partition coefficient (Wildman–Crippen LogP) is 6.48. The predicted molar refractivity (Wildman–Crippen MR) is 169 cm³/mol. The number of nitrogens with one attached hydrogen (secondary N) is 1. The van der Waals surface area contributed by atoms with Crippen LogP contribution in [-0.4, -0.2) is 48.6 Å². The van der Waals surface area contributed by atoms with Gasteiger partial charge in [0.25, 0.3) is 0 Å². The average molecular weight is 569 g/mol. The van der Waals surface area contributed by atoms with Crippen LogP contribution in [0.2, 0.25) is 0 Å². The van der Waals surface area contributed by atoms with E-state index in [4.69, 9.17) is 4.98 Å². The molecule has 3 aromatic heterocycles. The van der Waals surface area contributed by atoms with Gasteiger partial charge in [0.15, 0.2) is 11.3 Å². The first-order chi connectivity index (χ1) is 21.0. The van der Waals surface area contributed by atoms with Crippen molar-refractivity contribution < 1.29 is 9.90 Å². The van der Waals surface area contributed by atoms with Crippen molar-refractivity contribution in [2.75, 3.05) is 18.4 Å². The average Bonchev–Trinajstić information content (AvgIpc) is 3.43. The van der Waals surface area contributed by atoms with Crippen molar-refractivity contribution in [3.63, 3.8) is 0 Å². The highest BCUT2D eigenvalue weighted by molar-refractivity contribution is 5.94. The Morgan fingerprint density at radius 1 is 0.930 bits per heavy atom. The van der Waals surface area contributed by atoms with Crippen LogP contribution in [0.3, 0.4) is 0 Å². The molecule has 1 aliphatic heterocycles. The fourth-order valence-electron chi connectivity index (χ4n) is 5.90. The number of phenolic OH excluding ortho intramolecular Hbond substituents is 1. The topological polar surface area (TPSA) is 95.7 Å². The van der Waals surface area contributed by atoms with Gasteiger partial charge in [-0.15, -0.1) is 0 Å². The number of pyridine rings is 1. The SMILES string of the molecule is Cc1cc2ncc3cc(-c4ccccc4)c(-c4ccc(CN5CCC(C(=O)Nc6ccccc6O)CC5)cc4)nc3n2n1. The zero-order valence-corrected chi connectivity index (χ0v) is 23.9. The molecule has 8 nitrogen and oxygen atoms in total. The molecule has 0 saturated carbocycles. The molecular weight excluding hydrogens is 536 g/mol. The number of benzene rings is 3. The first-order valence-electron chi connectivity index (χ1n) is 14.6. The van der Waals surface area contributed by atoms with Gasteiger partial charge in [0.1, 0.15) is 5.75 Å². The smallest absolute Gasteiger partial charge is 0.227 e. The fraction of sp³-hybridized carbons (Fsp3) is 0.200. The van der Waals surface area contributed by atoms with E-state index in [9.17, 15) is 9.90 Å². The number of hydrogen-bond donors (Lipinski definition) is 2. The van der Waals surface area contributed by atoms with Gasteiger partial charge < -0.3 is 10.4 Å². The van der Waals surface area contributed by atoms with Gasteiger partial charge in [-0.2, -0.15) is 9.61 Å². The molecular formula is C35H32N6O2. The van der Waals surface area contributed by atoms with Gasteiger partial charge >= 0.3 is 0 Å². The number of amides is 1.